The Labute approximate surface area is 205 Å². The number of anilines is 3. The molecule has 4 aromatic rings. The minimum absolute atomic E-state index is 0.205. The Morgan fingerprint density at radius 3 is 2.21 bits per heavy atom. The number of rotatable bonds is 7. The van der Waals surface area contributed by atoms with Crippen LogP contribution in [0.15, 0.2) is 90.0 Å². The third-order valence-electron chi connectivity index (χ3n) is 5.26. The number of hydrazone groups is 1. The molecule has 1 unspecified atom stereocenters. The first-order chi connectivity index (χ1) is 16.5. The topological polar surface area (TPSA) is 77.9 Å². The van der Waals surface area contributed by atoms with Gasteiger partial charge in [0.25, 0.3) is 0 Å². The highest BCUT2D eigenvalue weighted by Gasteiger charge is 2.51. The average molecular weight is 488 g/mol. The van der Waals surface area contributed by atoms with E-state index >= 15 is 0 Å². The minimum Gasteiger partial charge on any atom is -0.295 e. The molecule has 7 nitrogen and oxygen atoms in total. The summed E-state index contributed by atoms with van der Waals surface area (Å²) in [5.41, 5.74) is 5.76. The largest absolute Gasteiger partial charge is 0.295 e. The van der Waals surface area contributed by atoms with Crippen molar-refractivity contribution in [3.63, 3.8) is 0 Å². The lowest BCUT2D eigenvalue weighted by atomic mass is 10.2. The number of para-hydroxylation sites is 3. The molecule has 0 bridgehead atoms. The number of nitrogens with zero attached hydrogens (tertiary/aromatic N) is 4. The molecule has 0 aliphatic carbocycles. The van der Waals surface area contributed by atoms with Gasteiger partial charge in [-0.3, -0.25) is 9.59 Å². The maximum atomic E-state index is 13.3. The van der Waals surface area contributed by atoms with Crippen LogP contribution in [-0.4, -0.2) is 26.6 Å². The van der Waals surface area contributed by atoms with Crippen molar-refractivity contribution >= 4 is 66.4 Å². The van der Waals surface area contributed by atoms with Gasteiger partial charge < -0.3 is 0 Å². The normalized spacial score (nSPS) is 17.6. The van der Waals surface area contributed by atoms with Crippen LogP contribution in [0.25, 0.3) is 10.2 Å². The fraction of sp³-hybridized carbons (Fsp3) is 0.120. The number of aromatic nitrogens is 1. The van der Waals surface area contributed by atoms with Gasteiger partial charge in [-0.1, -0.05) is 59.9 Å². The van der Waals surface area contributed by atoms with Crippen LogP contribution in [-0.2, 0) is 9.59 Å². The molecule has 170 valence electrons. The summed E-state index contributed by atoms with van der Waals surface area (Å²) < 4.78 is 1.02. The summed E-state index contributed by atoms with van der Waals surface area (Å²) in [5.74, 6) is -0.412. The van der Waals surface area contributed by atoms with Crippen LogP contribution in [0.5, 0.6) is 0 Å². The summed E-state index contributed by atoms with van der Waals surface area (Å²) in [4.78, 5) is 29.1. The van der Waals surface area contributed by atoms with Gasteiger partial charge in [-0.25, -0.2) is 15.0 Å². The zero-order valence-corrected chi connectivity index (χ0v) is 20.1. The number of hydrazine groups is 1. The Bertz CT molecular complexity index is 1360. The number of nitrogens with one attached hydrogen (secondary N) is 1. The van der Waals surface area contributed by atoms with Crippen molar-refractivity contribution in [2.45, 2.75) is 18.8 Å². The molecule has 1 atom stereocenters. The quantitative estimate of drug-likeness (QED) is 0.353. The molecule has 5 rings (SSSR count). The highest BCUT2D eigenvalue weighted by Crippen LogP contribution is 2.42. The Morgan fingerprint density at radius 2 is 1.56 bits per heavy atom. The van der Waals surface area contributed by atoms with Crippen molar-refractivity contribution in [1.82, 2.24) is 10.4 Å². The Morgan fingerprint density at radius 1 is 0.912 bits per heavy atom. The number of carbonyl (C=O) groups is 2. The summed E-state index contributed by atoms with van der Waals surface area (Å²) in [6.45, 7) is 2.95. The van der Waals surface area contributed by atoms with Crippen LogP contribution in [0, 0.1) is 0 Å². The van der Waals surface area contributed by atoms with Gasteiger partial charge in [0.2, 0.25) is 10.1 Å². The number of ketones is 2. The van der Waals surface area contributed by atoms with Crippen molar-refractivity contribution in [1.29, 1.82) is 0 Å². The lowest BCUT2D eigenvalue weighted by Gasteiger charge is -2.39. The number of hydrogen-bond donors (Lipinski definition) is 1. The number of hydrogen-bond acceptors (Lipinski definition) is 9. The first-order valence-corrected chi connectivity index (χ1v) is 12.2. The third kappa shape index (κ3) is 3.98. The van der Waals surface area contributed by atoms with E-state index in [-0.39, 0.29) is 16.6 Å². The van der Waals surface area contributed by atoms with Crippen LogP contribution in [0.4, 0.5) is 16.5 Å². The van der Waals surface area contributed by atoms with Gasteiger partial charge in [0.15, 0.2) is 16.6 Å². The molecular formula is C25H21N5O2S2. The first kappa shape index (κ1) is 22.3. The standard InChI is InChI=1S/C25H21N5O2S2/c1-17(31)23-27-30(20-13-7-4-8-14-20)25(34-23,18(2)32)28-29(19-11-5-3-6-12-19)24-26-21-15-9-10-16-22(21)33-24/h3-16,28H,1-2H3. The molecule has 9 heteroatoms. The molecule has 1 aromatic heterocycles. The van der Waals surface area contributed by atoms with E-state index in [1.54, 1.807) is 10.0 Å². The van der Waals surface area contributed by atoms with Gasteiger partial charge >= 0.3 is 0 Å². The Balaban J connectivity index is 1.65. The third-order valence-corrected chi connectivity index (χ3v) is 7.70. The molecule has 0 saturated carbocycles. The van der Waals surface area contributed by atoms with E-state index < -0.39 is 4.99 Å². The van der Waals surface area contributed by atoms with Crippen LogP contribution in [0.2, 0.25) is 0 Å². The summed E-state index contributed by atoms with van der Waals surface area (Å²) >= 11 is 2.61. The van der Waals surface area contributed by atoms with Crippen LogP contribution >= 0.6 is 23.1 Å². The number of carbonyl (C=O) groups excluding carboxylic acids is 2. The highest BCUT2D eigenvalue weighted by molar-refractivity contribution is 8.17. The number of fused-ring (bicyclic) bond motifs is 1. The summed E-state index contributed by atoms with van der Waals surface area (Å²) in [6, 6.07) is 26.9. The van der Waals surface area contributed by atoms with Crippen molar-refractivity contribution < 1.29 is 9.59 Å². The number of benzene rings is 3. The van der Waals surface area contributed by atoms with Crippen molar-refractivity contribution in [2.75, 3.05) is 10.0 Å². The van der Waals surface area contributed by atoms with E-state index in [0.717, 1.165) is 27.7 Å². The number of Topliss-reactive ketones (excluding diaryl/α,β-unsaturated/α-hetero) is 2. The molecular weight excluding hydrogens is 466 g/mol. The lowest BCUT2D eigenvalue weighted by Crippen LogP contribution is -2.62. The smallest absolute Gasteiger partial charge is 0.241 e. The van der Waals surface area contributed by atoms with E-state index in [2.05, 4.69) is 10.5 Å². The molecule has 0 amide bonds. The van der Waals surface area contributed by atoms with Crippen molar-refractivity contribution in [3.05, 3.63) is 84.9 Å². The van der Waals surface area contributed by atoms with Gasteiger partial charge in [0.1, 0.15) is 0 Å². The van der Waals surface area contributed by atoms with Gasteiger partial charge in [-0.05, 0) is 55.1 Å². The zero-order chi connectivity index (χ0) is 23.7. The highest BCUT2D eigenvalue weighted by atomic mass is 32.2. The van der Waals surface area contributed by atoms with Gasteiger partial charge in [-0.15, -0.1) is 0 Å². The predicted molar refractivity (Wildman–Crippen MR) is 139 cm³/mol. The molecule has 1 aliphatic heterocycles. The van der Waals surface area contributed by atoms with Crippen molar-refractivity contribution in [3.8, 4) is 0 Å². The second-order valence-corrected chi connectivity index (χ2v) is 9.85. The fourth-order valence-electron chi connectivity index (χ4n) is 3.59. The van der Waals surface area contributed by atoms with Crippen LogP contribution < -0.4 is 15.4 Å². The first-order valence-electron chi connectivity index (χ1n) is 10.6. The van der Waals surface area contributed by atoms with Crippen molar-refractivity contribution in [2.24, 2.45) is 5.10 Å². The minimum atomic E-state index is -1.39. The maximum absolute atomic E-state index is 13.3. The lowest BCUT2D eigenvalue weighted by molar-refractivity contribution is -0.120. The fourth-order valence-corrected chi connectivity index (χ4v) is 5.60. The van der Waals surface area contributed by atoms with E-state index in [4.69, 9.17) is 4.98 Å². The molecule has 1 aliphatic rings. The Kier molecular flexibility index (Phi) is 5.91. The molecule has 3 aromatic carbocycles. The summed E-state index contributed by atoms with van der Waals surface area (Å²) in [7, 11) is 0. The molecule has 2 heterocycles. The van der Waals surface area contributed by atoms with E-state index in [1.807, 2.05) is 84.9 Å². The number of thioether (sulfide) groups is 1. The second-order valence-electron chi connectivity index (χ2n) is 7.66. The van der Waals surface area contributed by atoms with Gasteiger partial charge in [0, 0.05) is 6.92 Å². The monoisotopic (exact) mass is 487 g/mol. The second kappa shape index (κ2) is 9.02. The molecule has 34 heavy (non-hydrogen) atoms. The zero-order valence-electron chi connectivity index (χ0n) is 18.5. The molecule has 0 fully saturated rings. The predicted octanol–water partition coefficient (Wildman–Crippen LogP) is 5.34. The Hall–Kier alpha value is -3.53. The SMILES string of the molecule is CC(=O)C1=NN(c2ccccc2)C(NN(c2ccccc2)c2nc3ccccc3s2)(C(C)=O)S1. The van der Waals surface area contributed by atoms with E-state index in [1.165, 1.54) is 25.2 Å². The van der Waals surface area contributed by atoms with E-state index in [9.17, 15) is 9.59 Å². The van der Waals surface area contributed by atoms with Crippen LogP contribution in [0.1, 0.15) is 13.8 Å². The number of thiazole rings is 1. The average Bonchev–Trinajstić information content (AvgIpc) is 3.46. The molecule has 0 saturated heterocycles. The molecule has 0 spiro atoms. The van der Waals surface area contributed by atoms with Crippen LogP contribution in [0.3, 0.4) is 0 Å². The van der Waals surface area contributed by atoms with E-state index in [0.29, 0.717) is 10.8 Å². The molecule has 1 N–H and O–H groups in total. The summed E-state index contributed by atoms with van der Waals surface area (Å²) in [6.07, 6.45) is 0. The van der Waals surface area contributed by atoms with Gasteiger partial charge in [0.05, 0.1) is 21.6 Å². The summed E-state index contributed by atoms with van der Waals surface area (Å²) in [5, 5.41) is 8.85. The molecule has 0 radical (unpaired) electrons. The van der Waals surface area contributed by atoms with Gasteiger partial charge in [-0.2, -0.15) is 10.5 Å². The maximum Gasteiger partial charge on any atom is 0.241 e.